The molecule has 39 heavy (non-hydrogen) atoms. The number of amides is 1. The Balaban J connectivity index is 1.37. The minimum absolute atomic E-state index is 0.295. The van der Waals surface area contributed by atoms with Crippen molar-refractivity contribution in [3.63, 3.8) is 0 Å². The van der Waals surface area contributed by atoms with Crippen LogP contribution in [-0.4, -0.2) is 78.7 Å². The molecule has 1 amide bonds. The Labute approximate surface area is 234 Å². The monoisotopic (exact) mass is 551 g/mol. The van der Waals surface area contributed by atoms with Crippen molar-refractivity contribution in [2.24, 2.45) is 0 Å². The van der Waals surface area contributed by atoms with E-state index >= 15 is 0 Å². The number of hydrogen-bond donors (Lipinski definition) is 3. The van der Waals surface area contributed by atoms with Crippen molar-refractivity contribution in [1.29, 1.82) is 0 Å². The summed E-state index contributed by atoms with van der Waals surface area (Å²) in [5, 5.41) is 9.42. The van der Waals surface area contributed by atoms with Gasteiger partial charge in [0, 0.05) is 55.9 Å². The van der Waals surface area contributed by atoms with E-state index in [0.29, 0.717) is 46.3 Å². The third-order valence-electron chi connectivity index (χ3n) is 6.32. The number of likely N-dealkylation sites (N-methyl/N-ethyl adjacent to an activating group) is 1. The van der Waals surface area contributed by atoms with Gasteiger partial charge in [-0.25, -0.2) is 4.98 Å². The molecular formula is C28H34ClN7O3. The van der Waals surface area contributed by atoms with E-state index in [-0.39, 0.29) is 5.91 Å². The molecule has 0 radical (unpaired) electrons. The lowest BCUT2D eigenvalue weighted by atomic mass is 10.2. The van der Waals surface area contributed by atoms with Gasteiger partial charge in [-0.3, -0.25) is 9.69 Å². The van der Waals surface area contributed by atoms with Gasteiger partial charge in [-0.15, -0.1) is 0 Å². The highest BCUT2D eigenvalue weighted by atomic mass is 35.5. The Morgan fingerprint density at radius 2 is 1.79 bits per heavy atom. The summed E-state index contributed by atoms with van der Waals surface area (Å²) in [6, 6.07) is 12.8. The van der Waals surface area contributed by atoms with Crippen molar-refractivity contribution < 1.29 is 14.3 Å². The van der Waals surface area contributed by atoms with Crippen molar-refractivity contribution in [1.82, 2.24) is 19.8 Å². The molecule has 4 rings (SSSR count). The van der Waals surface area contributed by atoms with Gasteiger partial charge in [-0.05, 0) is 43.0 Å². The summed E-state index contributed by atoms with van der Waals surface area (Å²) >= 11 is 6.34. The Hall–Kier alpha value is -3.86. The van der Waals surface area contributed by atoms with Crippen LogP contribution in [0, 0.1) is 0 Å². The van der Waals surface area contributed by atoms with Crippen LogP contribution in [0.2, 0.25) is 5.02 Å². The predicted octanol–water partition coefficient (Wildman–Crippen LogP) is 4.77. The van der Waals surface area contributed by atoms with Crippen LogP contribution in [0.15, 0.2) is 61.3 Å². The van der Waals surface area contributed by atoms with Crippen LogP contribution in [0.25, 0.3) is 0 Å². The van der Waals surface area contributed by atoms with Gasteiger partial charge in [0.25, 0.3) is 0 Å². The van der Waals surface area contributed by atoms with Crippen molar-refractivity contribution in [2.45, 2.75) is 6.92 Å². The lowest BCUT2D eigenvalue weighted by Gasteiger charge is -2.33. The molecule has 2 heterocycles. The normalized spacial score (nSPS) is 13.9. The predicted molar refractivity (Wildman–Crippen MR) is 156 cm³/mol. The first-order valence-corrected chi connectivity index (χ1v) is 13.2. The van der Waals surface area contributed by atoms with E-state index in [2.05, 4.69) is 49.2 Å². The third-order valence-corrected chi connectivity index (χ3v) is 6.60. The molecule has 1 aliphatic heterocycles. The number of nitrogens with zero attached hydrogens (tertiary/aromatic N) is 4. The van der Waals surface area contributed by atoms with E-state index in [4.69, 9.17) is 21.1 Å². The van der Waals surface area contributed by atoms with E-state index < -0.39 is 0 Å². The lowest BCUT2D eigenvalue weighted by Crippen LogP contribution is -2.47. The van der Waals surface area contributed by atoms with Crippen LogP contribution in [0.5, 0.6) is 11.5 Å². The molecule has 0 aliphatic carbocycles. The molecule has 0 spiro atoms. The van der Waals surface area contributed by atoms with Gasteiger partial charge in [-0.1, -0.05) is 31.2 Å². The second-order valence-electron chi connectivity index (χ2n) is 8.90. The fraction of sp³-hybridized carbons (Fsp3) is 0.321. The Bertz CT molecular complexity index is 1280. The number of nitrogens with one attached hydrogen (secondary N) is 3. The van der Waals surface area contributed by atoms with Crippen molar-refractivity contribution >= 4 is 46.3 Å². The Kier molecular flexibility index (Phi) is 9.96. The number of piperazine rings is 1. The second-order valence-corrected chi connectivity index (χ2v) is 9.31. The van der Waals surface area contributed by atoms with Crippen LogP contribution in [0.1, 0.15) is 6.92 Å². The zero-order valence-electron chi connectivity index (χ0n) is 22.2. The summed E-state index contributed by atoms with van der Waals surface area (Å²) < 4.78 is 11.6. The highest BCUT2D eigenvalue weighted by Gasteiger charge is 2.16. The number of carbonyl (C=O) groups is 1. The minimum Gasteiger partial charge on any atom is -0.493 e. The van der Waals surface area contributed by atoms with Crippen molar-refractivity contribution in [3.8, 4) is 11.5 Å². The summed E-state index contributed by atoms with van der Waals surface area (Å²) in [5.74, 6) is 1.75. The summed E-state index contributed by atoms with van der Waals surface area (Å²) in [6.07, 6.45) is 2.72. The van der Waals surface area contributed by atoms with Crippen LogP contribution in [0.4, 0.5) is 28.8 Å². The molecule has 1 fully saturated rings. The van der Waals surface area contributed by atoms with E-state index in [0.717, 1.165) is 45.0 Å². The highest BCUT2D eigenvalue weighted by Crippen LogP contribution is 2.32. The molecule has 206 valence electrons. The van der Waals surface area contributed by atoms with Gasteiger partial charge in [0.2, 0.25) is 11.9 Å². The number of methoxy groups -OCH3 is 1. The smallest absolute Gasteiger partial charge is 0.247 e. The van der Waals surface area contributed by atoms with Crippen LogP contribution in [-0.2, 0) is 4.79 Å². The first-order chi connectivity index (χ1) is 19.0. The molecule has 3 N–H and O–H groups in total. The van der Waals surface area contributed by atoms with E-state index in [1.54, 1.807) is 25.3 Å². The molecule has 0 bridgehead atoms. The maximum atomic E-state index is 11.6. The fourth-order valence-electron chi connectivity index (χ4n) is 4.13. The van der Waals surface area contributed by atoms with Gasteiger partial charge >= 0.3 is 0 Å². The summed E-state index contributed by atoms with van der Waals surface area (Å²) in [7, 11) is 1.61. The first-order valence-electron chi connectivity index (χ1n) is 12.8. The fourth-order valence-corrected chi connectivity index (χ4v) is 4.27. The van der Waals surface area contributed by atoms with Gasteiger partial charge in [0.15, 0.2) is 17.3 Å². The van der Waals surface area contributed by atoms with Crippen LogP contribution >= 0.6 is 11.6 Å². The summed E-state index contributed by atoms with van der Waals surface area (Å²) in [6.45, 7) is 12.6. The third kappa shape index (κ3) is 8.06. The van der Waals surface area contributed by atoms with E-state index in [9.17, 15) is 4.79 Å². The lowest BCUT2D eigenvalue weighted by molar-refractivity contribution is -0.111. The van der Waals surface area contributed by atoms with Gasteiger partial charge in [0.1, 0.15) is 11.6 Å². The molecule has 3 aromatic rings. The van der Waals surface area contributed by atoms with Crippen molar-refractivity contribution in [2.75, 3.05) is 68.9 Å². The zero-order valence-corrected chi connectivity index (χ0v) is 23.0. The Morgan fingerprint density at radius 1 is 1.05 bits per heavy atom. The largest absolute Gasteiger partial charge is 0.493 e. The molecule has 1 saturated heterocycles. The molecule has 1 aliphatic rings. The van der Waals surface area contributed by atoms with Gasteiger partial charge in [-0.2, -0.15) is 4.98 Å². The Morgan fingerprint density at radius 3 is 2.54 bits per heavy atom. The average Bonchev–Trinajstić information content (AvgIpc) is 2.96. The molecule has 10 nitrogen and oxygen atoms in total. The van der Waals surface area contributed by atoms with E-state index in [1.807, 2.05) is 24.3 Å². The SMILES string of the molecule is C=CC(=O)Nc1cccc(Nc2nc(Nc3ccc(OCCN4CCN(CC)CC4)c(OC)c3)ncc2Cl)c1. The number of halogens is 1. The van der Waals surface area contributed by atoms with Gasteiger partial charge in [0.05, 0.1) is 13.3 Å². The average molecular weight is 552 g/mol. The number of ether oxygens (including phenoxy) is 2. The maximum absolute atomic E-state index is 11.6. The number of benzene rings is 2. The number of anilines is 5. The molecule has 0 unspecified atom stereocenters. The maximum Gasteiger partial charge on any atom is 0.247 e. The molecule has 0 saturated carbocycles. The standard InChI is InChI=1S/C28H34ClN7O3/c1-4-26(37)31-20-7-6-8-21(17-20)32-27-23(29)19-30-28(34-27)33-22-9-10-24(25(18-22)38-3)39-16-15-36-13-11-35(5-2)12-14-36/h4,6-10,17-19H,1,5,11-16H2,2-3H3,(H,31,37)(H2,30,32,33,34). The number of carbonyl (C=O) groups excluding carboxylic acids is 1. The highest BCUT2D eigenvalue weighted by molar-refractivity contribution is 6.32. The van der Waals surface area contributed by atoms with Crippen LogP contribution < -0.4 is 25.4 Å². The van der Waals surface area contributed by atoms with Gasteiger partial charge < -0.3 is 30.3 Å². The molecule has 2 aromatic carbocycles. The number of hydrogen-bond acceptors (Lipinski definition) is 9. The van der Waals surface area contributed by atoms with Crippen molar-refractivity contribution in [3.05, 3.63) is 66.3 Å². The topological polar surface area (TPSA) is 104 Å². The quantitative estimate of drug-likeness (QED) is 0.275. The zero-order chi connectivity index (χ0) is 27.6. The molecule has 11 heteroatoms. The number of rotatable bonds is 12. The summed E-state index contributed by atoms with van der Waals surface area (Å²) in [4.78, 5) is 25.3. The van der Waals surface area contributed by atoms with Crippen LogP contribution in [0.3, 0.4) is 0 Å². The second kappa shape index (κ2) is 13.8. The molecule has 0 atom stereocenters. The molecular weight excluding hydrogens is 518 g/mol. The summed E-state index contributed by atoms with van der Waals surface area (Å²) in [5.41, 5.74) is 2.04. The first kappa shape index (κ1) is 28.2. The minimum atomic E-state index is -0.295. The molecule has 1 aromatic heterocycles. The van der Waals surface area contributed by atoms with E-state index in [1.165, 1.54) is 12.3 Å². The number of aromatic nitrogens is 2.